The first-order valence-electron chi connectivity index (χ1n) is 7.57. The summed E-state index contributed by atoms with van der Waals surface area (Å²) in [4.78, 5) is 21.1. The summed E-state index contributed by atoms with van der Waals surface area (Å²) >= 11 is 0. The van der Waals surface area contributed by atoms with Gasteiger partial charge < -0.3 is 15.7 Å². The van der Waals surface area contributed by atoms with Crippen LogP contribution in [0.25, 0.3) is 11.0 Å². The van der Waals surface area contributed by atoms with Gasteiger partial charge in [0, 0.05) is 31.6 Å². The van der Waals surface area contributed by atoms with Crippen molar-refractivity contribution < 1.29 is 14.3 Å². The maximum atomic E-state index is 13.8. The van der Waals surface area contributed by atoms with Crippen LogP contribution in [0.15, 0.2) is 12.1 Å². The Bertz CT molecular complexity index is 775. The highest BCUT2D eigenvalue weighted by Crippen LogP contribution is 2.19. The predicted molar refractivity (Wildman–Crippen MR) is 98.2 cm³/mol. The average molecular weight is 391 g/mol. The number of nitrogens with zero attached hydrogens (tertiary/aromatic N) is 2. The second kappa shape index (κ2) is 8.71. The summed E-state index contributed by atoms with van der Waals surface area (Å²) in [6.07, 6.45) is -0.482. The summed E-state index contributed by atoms with van der Waals surface area (Å²) < 4.78 is 13.8. The summed E-state index contributed by atoms with van der Waals surface area (Å²) in [5.74, 6) is -0.984. The molecule has 9 heteroatoms. The number of β-amino-alcohol motifs (C(OH)–C–C–N with tert-alkyl or cyclic N) is 1. The lowest BCUT2D eigenvalue weighted by Crippen LogP contribution is -2.34. The van der Waals surface area contributed by atoms with Crippen LogP contribution in [0.1, 0.15) is 21.7 Å². The molecule has 0 aliphatic carbocycles. The van der Waals surface area contributed by atoms with Crippen LogP contribution in [0.4, 0.5) is 4.39 Å². The van der Waals surface area contributed by atoms with Crippen LogP contribution < -0.4 is 10.6 Å². The third-order valence-corrected chi connectivity index (χ3v) is 4.22. The lowest BCUT2D eigenvalue weighted by molar-refractivity contribution is 0.0928. The van der Waals surface area contributed by atoms with Crippen molar-refractivity contribution in [1.29, 1.82) is 0 Å². The van der Waals surface area contributed by atoms with Crippen molar-refractivity contribution in [3.05, 3.63) is 34.9 Å². The highest BCUT2D eigenvalue weighted by Gasteiger charge is 2.25. The Kier molecular flexibility index (Phi) is 7.49. The normalized spacial score (nSPS) is 19.2. The quantitative estimate of drug-likeness (QED) is 0.739. The van der Waals surface area contributed by atoms with Crippen molar-refractivity contribution in [2.45, 2.75) is 20.0 Å². The number of rotatable bonds is 3. The van der Waals surface area contributed by atoms with Crippen molar-refractivity contribution in [2.75, 3.05) is 19.6 Å². The molecule has 3 N–H and O–H groups in total. The zero-order valence-electron chi connectivity index (χ0n) is 13.9. The second-order valence-electron chi connectivity index (χ2n) is 5.91. The Morgan fingerprint density at radius 1 is 1.28 bits per heavy atom. The monoisotopic (exact) mass is 390 g/mol. The van der Waals surface area contributed by atoms with E-state index in [0.29, 0.717) is 42.1 Å². The van der Waals surface area contributed by atoms with Gasteiger partial charge >= 0.3 is 0 Å². The molecule has 1 aromatic heterocycles. The SMILES string of the molecule is Cc1nc2cc(F)cc(C(=O)NCC3CNCC3O)c2nc1C.Cl.Cl. The number of benzene rings is 1. The zero-order chi connectivity index (χ0) is 16.6. The minimum Gasteiger partial charge on any atom is -0.391 e. The first-order chi connectivity index (χ1) is 11.0. The van der Waals surface area contributed by atoms with Gasteiger partial charge in [-0.3, -0.25) is 4.79 Å². The van der Waals surface area contributed by atoms with E-state index in [-0.39, 0.29) is 36.3 Å². The molecule has 2 aromatic rings. The number of carbonyl (C=O) groups is 1. The van der Waals surface area contributed by atoms with Crippen LogP contribution in [0.3, 0.4) is 0 Å². The van der Waals surface area contributed by atoms with Crippen LogP contribution in [-0.2, 0) is 0 Å². The highest BCUT2D eigenvalue weighted by molar-refractivity contribution is 6.04. The Morgan fingerprint density at radius 2 is 1.96 bits per heavy atom. The van der Waals surface area contributed by atoms with E-state index in [1.54, 1.807) is 13.8 Å². The minimum absolute atomic E-state index is 0. The molecule has 0 spiro atoms. The van der Waals surface area contributed by atoms with Crippen molar-refractivity contribution >= 4 is 41.8 Å². The zero-order valence-corrected chi connectivity index (χ0v) is 15.5. The maximum Gasteiger partial charge on any atom is 0.253 e. The molecule has 1 aliphatic rings. The molecule has 0 bridgehead atoms. The third kappa shape index (κ3) is 4.55. The number of aliphatic hydroxyl groups excluding tert-OH is 1. The Labute approximate surface area is 157 Å². The molecule has 138 valence electrons. The third-order valence-electron chi connectivity index (χ3n) is 4.22. The van der Waals surface area contributed by atoms with Crippen LogP contribution in [-0.4, -0.2) is 46.7 Å². The number of fused-ring (bicyclic) bond motifs is 1. The highest BCUT2D eigenvalue weighted by atomic mass is 35.5. The first kappa shape index (κ1) is 21.5. The number of aryl methyl sites for hydroxylation is 2. The molecule has 1 saturated heterocycles. The topological polar surface area (TPSA) is 87.1 Å². The van der Waals surface area contributed by atoms with Gasteiger partial charge in [0.2, 0.25) is 0 Å². The largest absolute Gasteiger partial charge is 0.391 e. The van der Waals surface area contributed by atoms with Gasteiger partial charge in [-0.2, -0.15) is 0 Å². The summed E-state index contributed by atoms with van der Waals surface area (Å²) in [6.45, 7) is 5.08. The average Bonchev–Trinajstić information content (AvgIpc) is 2.91. The Hall–Kier alpha value is -1.54. The number of hydrogen-bond donors (Lipinski definition) is 3. The van der Waals surface area contributed by atoms with Crippen molar-refractivity contribution in [3.8, 4) is 0 Å². The van der Waals surface area contributed by atoms with E-state index in [1.807, 2.05) is 0 Å². The minimum atomic E-state index is -0.525. The van der Waals surface area contributed by atoms with Gasteiger partial charge in [0.1, 0.15) is 11.3 Å². The van der Waals surface area contributed by atoms with Gasteiger partial charge in [-0.25, -0.2) is 14.4 Å². The smallest absolute Gasteiger partial charge is 0.253 e. The van der Waals surface area contributed by atoms with E-state index in [0.717, 1.165) is 0 Å². The molecule has 1 fully saturated rings. The van der Waals surface area contributed by atoms with Crippen LogP contribution in [0, 0.1) is 25.6 Å². The number of amides is 1. The summed E-state index contributed by atoms with van der Waals surface area (Å²) in [6, 6.07) is 2.45. The fraction of sp³-hybridized carbons (Fsp3) is 0.438. The summed E-state index contributed by atoms with van der Waals surface area (Å²) in [5.41, 5.74) is 2.32. The van der Waals surface area contributed by atoms with Crippen LogP contribution in [0.2, 0.25) is 0 Å². The summed E-state index contributed by atoms with van der Waals surface area (Å²) in [5, 5.41) is 15.6. The van der Waals surface area contributed by atoms with Crippen molar-refractivity contribution in [1.82, 2.24) is 20.6 Å². The second-order valence-corrected chi connectivity index (χ2v) is 5.91. The number of aliphatic hydroxyl groups is 1. The molecule has 1 aromatic carbocycles. The van der Waals surface area contributed by atoms with E-state index in [1.165, 1.54) is 12.1 Å². The molecule has 3 rings (SSSR count). The van der Waals surface area contributed by atoms with E-state index < -0.39 is 17.8 Å². The van der Waals surface area contributed by atoms with E-state index in [9.17, 15) is 14.3 Å². The van der Waals surface area contributed by atoms with E-state index in [2.05, 4.69) is 20.6 Å². The Balaban J connectivity index is 0.00000156. The fourth-order valence-electron chi connectivity index (χ4n) is 2.72. The number of hydrogen-bond acceptors (Lipinski definition) is 5. The fourth-order valence-corrected chi connectivity index (χ4v) is 2.72. The van der Waals surface area contributed by atoms with Crippen LogP contribution >= 0.6 is 24.8 Å². The molecule has 2 atom stereocenters. The predicted octanol–water partition coefficient (Wildman–Crippen LogP) is 1.54. The molecule has 0 saturated carbocycles. The van der Waals surface area contributed by atoms with Crippen LogP contribution in [0.5, 0.6) is 0 Å². The van der Waals surface area contributed by atoms with Gasteiger partial charge in [0.15, 0.2) is 0 Å². The maximum absolute atomic E-state index is 13.8. The standard InChI is InChI=1S/C16H19FN4O2.2ClH/c1-8-9(2)21-15-12(3-11(17)4-13(15)20-8)16(23)19-6-10-5-18-7-14(10)22;;/h3-4,10,14,18,22H,5-7H2,1-2H3,(H,19,23);2*1H. The lowest BCUT2D eigenvalue weighted by Gasteiger charge is -2.15. The molecular weight excluding hydrogens is 370 g/mol. The molecule has 2 heterocycles. The van der Waals surface area contributed by atoms with Gasteiger partial charge in [-0.15, -0.1) is 24.8 Å². The number of nitrogens with one attached hydrogen (secondary N) is 2. The van der Waals surface area contributed by atoms with Crippen molar-refractivity contribution in [3.63, 3.8) is 0 Å². The van der Waals surface area contributed by atoms with Gasteiger partial charge in [0.25, 0.3) is 5.91 Å². The van der Waals surface area contributed by atoms with E-state index >= 15 is 0 Å². The van der Waals surface area contributed by atoms with E-state index in [4.69, 9.17) is 0 Å². The molecule has 6 nitrogen and oxygen atoms in total. The van der Waals surface area contributed by atoms with Crippen molar-refractivity contribution in [2.24, 2.45) is 5.92 Å². The molecule has 1 aliphatic heterocycles. The number of aromatic nitrogens is 2. The molecular formula is C16H21Cl2FN4O2. The Morgan fingerprint density at radius 3 is 2.60 bits per heavy atom. The molecule has 25 heavy (non-hydrogen) atoms. The first-order valence-corrected chi connectivity index (χ1v) is 7.57. The number of carbonyl (C=O) groups excluding carboxylic acids is 1. The molecule has 1 amide bonds. The van der Waals surface area contributed by atoms with Gasteiger partial charge in [0.05, 0.1) is 28.6 Å². The molecule has 2 unspecified atom stereocenters. The molecule has 0 radical (unpaired) electrons. The van der Waals surface area contributed by atoms with Gasteiger partial charge in [-0.1, -0.05) is 0 Å². The number of halogens is 3. The summed E-state index contributed by atoms with van der Waals surface area (Å²) in [7, 11) is 0. The lowest BCUT2D eigenvalue weighted by atomic mass is 10.1. The van der Waals surface area contributed by atoms with Gasteiger partial charge in [-0.05, 0) is 19.9 Å².